The van der Waals surface area contributed by atoms with Crippen LogP contribution in [0.25, 0.3) is 11.5 Å². The molecule has 0 spiro atoms. The molecule has 31 heavy (non-hydrogen) atoms. The van der Waals surface area contributed by atoms with Gasteiger partial charge in [-0.3, -0.25) is 0 Å². The Morgan fingerprint density at radius 1 is 1.10 bits per heavy atom. The molecule has 0 bridgehead atoms. The predicted molar refractivity (Wildman–Crippen MR) is 123 cm³/mol. The fraction of sp³-hybridized carbons (Fsp3) is 0.478. The third-order valence-corrected chi connectivity index (χ3v) is 6.55. The van der Waals surface area contributed by atoms with Crippen LogP contribution in [0.5, 0.6) is 5.75 Å². The number of aromatic nitrogens is 4. The Hall–Kier alpha value is -2.58. The van der Waals surface area contributed by atoms with Gasteiger partial charge in [0, 0.05) is 36.9 Å². The largest absolute Gasteiger partial charge is 0.489 e. The molecule has 0 unspecified atom stereocenters. The summed E-state index contributed by atoms with van der Waals surface area (Å²) >= 11 is 1.31. The smallest absolute Gasteiger partial charge is 0.208 e. The zero-order valence-electron chi connectivity index (χ0n) is 18.0. The molecule has 5 rings (SSSR count). The summed E-state index contributed by atoms with van der Waals surface area (Å²) < 4.78 is 10.6. The quantitative estimate of drug-likeness (QED) is 0.566. The fourth-order valence-corrected chi connectivity index (χ4v) is 4.62. The van der Waals surface area contributed by atoms with E-state index < -0.39 is 0 Å². The summed E-state index contributed by atoms with van der Waals surface area (Å²) in [6.45, 7) is 6.59. The average Bonchev–Trinajstić information content (AvgIpc) is 3.54. The third-order valence-electron chi connectivity index (χ3n) is 5.92. The number of anilines is 2. The second-order valence-electron chi connectivity index (χ2n) is 8.61. The highest BCUT2D eigenvalue weighted by atomic mass is 32.1. The van der Waals surface area contributed by atoms with Crippen molar-refractivity contribution in [3.8, 4) is 17.3 Å². The third kappa shape index (κ3) is 4.85. The number of piperidine rings is 1. The highest BCUT2D eigenvalue weighted by molar-refractivity contribution is 7.09. The first-order valence-corrected chi connectivity index (χ1v) is 11.9. The van der Waals surface area contributed by atoms with E-state index in [1.165, 1.54) is 24.4 Å². The van der Waals surface area contributed by atoms with Crippen LogP contribution in [-0.2, 0) is 0 Å². The minimum Gasteiger partial charge on any atom is -0.489 e. The standard InChI is InChI=1S/C23H28N6OS/c1-15(2)19-4-3-11-24-21(19)26-23-27-22(28-31-23)20-8-7-18(14-25-20)30-17-9-12-29(13-10-17)16-5-6-16/h3-4,7-8,11,14-17H,5-6,9-10,12-13H2,1-2H3,(H,24,26,27,28). The number of nitrogens with zero attached hydrogens (tertiary/aromatic N) is 5. The van der Waals surface area contributed by atoms with E-state index in [4.69, 9.17) is 4.74 Å². The molecule has 0 atom stereocenters. The summed E-state index contributed by atoms with van der Waals surface area (Å²) in [5.74, 6) is 2.62. The number of nitrogens with one attached hydrogen (secondary N) is 1. The van der Waals surface area contributed by atoms with Crippen LogP contribution in [0.15, 0.2) is 36.7 Å². The van der Waals surface area contributed by atoms with Crippen molar-refractivity contribution in [1.82, 2.24) is 24.2 Å². The van der Waals surface area contributed by atoms with Crippen LogP contribution in [0, 0.1) is 0 Å². The van der Waals surface area contributed by atoms with E-state index in [2.05, 4.69) is 49.5 Å². The molecule has 162 valence electrons. The maximum Gasteiger partial charge on any atom is 0.208 e. The van der Waals surface area contributed by atoms with E-state index in [1.807, 2.05) is 18.2 Å². The van der Waals surface area contributed by atoms with Crippen LogP contribution < -0.4 is 10.1 Å². The summed E-state index contributed by atoms with van der Waals surface area (Å²) in [5.41, 5.74) is 1.90. The molecule has 0 aromatic carbocycles. The van der Waals surface area contributed by atoms with Gasteiger partial charge in [0.2, 0.25) is 5.13 Å². The zero-order valence-corrected chi connectivity index (χ0v) is 18.8. The van der Waals surface area contributed by atoms with Crippen molar-refractivity contribution in [3.63, 3.8) is 0 Å². The predicted octanol–water partition coefficient (Wildman–Crippen LogP) is 4.87. The van der Waals surface area contributed by atoms with E-state index in [0.29, 0.717) is 16.9 Å². The van der Waals surface area contributed by atoms with Crippen LogP contribution in [0.1, 0.15) is 51.0 Å². The van der Waals surface area contributed by atoms with E-state index in [9.17, 15) is 0 Å². The van der Waals surface area contributed by atoms with Gasteiger partial charge in [0.05, 0.1) is 6.20 Å². The van der Waals surface area contributed by atoms with Gasteiger partial charge in [-0.25, -0.2) is 9.97 Å². The van der Waals surface area contributed by atoms with Gasteiger partial charge in [-0.15, -0.1) is 0 Å². The van der Waals surface area contributed by atoms with Crippen molar-refractivity contribution < 1.29 is 4.74 Å². The van der Waals surface area contributed by atoms with Gasteiger partial charge in [0.25, 0.3) is 0 Å². The number of likely N-dealkylation sites (tertiary alicyclic amines) is 1. The van der Waals surface area contributed by atoms with Crippen LogP contribution in [0.2, 0.25) is 0 Å². The fourth-order valence-electron chi connectivity index (χ4n) is 4.04. The minimum atomic E-state index is 0.282. The first-order valence-electron chi connectivity index (χ1n) is 11.1. The number of pyridine rings is 2. The van der Waals surface area contributed by atoms with Gasteiger partial charge in [0.15, 0.2) is 5.82 Å². The van der Waals surface area contributed by atoms with Crippen LogP contribution in [0.3, 0.4) is 0 Å². The summed E-state index contributed by atoms with van der Waals surface area (Å²) in [6.07, 6.45) is 8.78. The highest BCUT2D eigenvalue weighted by Crippen LogP contribution is 2.31. The molecular weight excluding hydrogens is 408 g/mol. The maximum atomic E-state index is 6.17. The molecular formula is C23H28N6OS. The maximum absolute atomic E-state index is 6.17. The molecule has 8 heteroatoms. The summed E-state index contributed by atoms with van der Waals surface area (Å²) in [5, 5.41) is 4.01. The van der Waals surface area contributed by atoms with Crippen molar-refractivity contribution >= 4 is 22.5 Å². The Morgan fingerprint density at radius 2 is 1.94 bits per heavy atom. The first kappa shape index (κ1) is 20.3. The minimum absolute atomic E-state index is 0.282. The summed E-state index contributed by atoms with van der Waals surface area (Å²) in [7, 11) is 0. The Balaban J connectivity index is 1.20. The lowest BCUT2D eigenvalue weighted by Crippen LogP contribution is -2.39. The van der Waals surface area contributed by atoms with Gasteiger partial charge in [-0.2, -0.15) is 9.36 Å². The molecule has 2 fully saturated rings. The molecule has 1 aliphatic heterocycles. The molecule has 1 saturated carbocycles. The SMILES string of the molecule is CC(C)c1cccnc1Nc1nc(-c2ccc(OC3CCN(C4CC4)CC3)cn2)ns1. The Kier molecular flexibility index (Phi) is 5.82. The Labute approximate surface area is 187 Å². The molecule has 7 nitrogen and oxygen atoms in total. The average molecular weight is 437 g/mol. The van der Waals surface area contributed by atoms with Gasteiger partial charge in [0.1, 0.15) is 23.4 Å². The Bertz CT molecular complexity index is 1010. The topological polar surface area (TPSA) is 76.1 Å². The molecule has 0 radical (unpaired) electrons. The van der Waals surface area contributed by atoms with Crippen LogP contribution in [-0.4, -0.2) is 49.5 Å². The molecule has 4 heterocycles. The Morgan fingerprint density at radius 3 is 2.65 bits per heavy atom. The van der Waals surface area contributed by atoms with Gasteiger partial charge >= 0.3 is 0 Å². The van der Waals surface area contributed by atoms with Crippen molar-refractivity contribution in [3.05, 3.63) is 42.2 Å². The van der Waals surface area contributed by atoms with Crippen molar-refractivity contribution in [1.29, 1.82) is 0 Å². The van der Waals surface area contributed by atoms with Crippen molar-refractivity contribution in [2.45, 2.75) is 57.6 Å². The summed E-state index contributed by atoms with van der Waals surface area (Å²) in [4.78, 5) is 16.2. The molecule has 3 aromatic rings. The first-order chi connectivity index (χ1) is 15.2. The molecule has 1 aliphatic carbocycles. The lowest BCUT2D eigenvalue weighted by molar-refractivity contribution is 0.0963. The lowest BCUT2D eigenvalue weighted by atomic mass is 10.0. The van der Waals surface area contributed by atoms with E-state index >= 15 is 0 Å². The van der Waals surface area contributed by atoms with Gasteiger partial charge in [-0.05, 0) is 55.4 Å². The van der Waals surface area contributed by atoms with Gasteiger partial charge in [-0.1, -0.05) is 19.9 Å². The number of hydrogen-bond donors (Lipinski definition) is 1. The number of ether oxygens (including phenoxy) is 1. The highest BCUT2D eigenvalue weighted by Gasteiger charge is 2.32. The van der Waals surface area contributed by atoms with E-state index in [1.54, 1.807) is 12.4 Å². The summed E-state index contributed by atoms with van der Waals surface area (Å²) in [6, 6.07) is 8.79. The van der Waals surface area contributed by atoms with Crippen molar-refractivity contribution in [2.24, 2.45) is 0 Å². The monoisotopic (exact) mass is 436 g/mol. The molecule has 3 aromatic heterocycles. The molecule has 1 N–H and O–H groups in total. The normalized spacial score (nSPS) is 17.8. The van der Waals surface area contributed by atoms with Gasteiger partial charge < -0.3 is 15.0 Å². The number of hydrogen-bond acceptors (Lipinski definition) is 8. The van der Waals surface area contributed by atoms with Crippen LogP contribution >= 0.6 is 11.5 Å². The number of rotatable bonds is 7. The van der Waals surface area contributed by atoms with E-state index in [0.717, 1.165) is 54.8 Å². The van der Waals surface area contributed by atoms with Crippen molar-refractivity contribution in [2.75, 3.05) is 18.4 Å². The second kappa shape index (κ2) is 8.88. The van der Waals surface area contributed by atoms with Crippen LogP contribution in [0.4, 0.5) is 10.9 Å². The molecule has 0 amide bonds. The van der Waals surface area contributed by atoms with E-state index in [-0.39, 0.29) is 6.10 Å². The molecule has 2 aliphatic rings. The lowest BCUT2D eigenvalue weighted by Gasteiger charge is -2.32. The molecule has 1 saturated heterocycles. The second-order valence-corrected chi connectivity index (χ2v) is 9.36. The zero-order chi connectivity index (χ0) is 21.2.